The van der Waals surface area contributed by atoms with Crippen LogP contribution in [0.5, 0.6) is 0 Å². The van der Waals surface area contributed by atoms with Crippen LogP contribution in [0.3, 0.4) is 0 Å². The zero-order chi connectivity index (χ0) is 23.3. The van der Waals surface area contributed by atoms with E-state index < -0.39 is 16.0 Å². The molecule has 1 fully saturated rings. The fraction of sp³-hybridized carbons (Fsp3) is 0.364. The molecule has 0 aliphatic carbocycles. The highest BCUT2D eigenvalue weighted by atomic mass is 35.5. The highest BCUT2D eigenvalue weighted by Crippen LogP contribution is 2.27. The lowest BCUT2D eigenvalue weighted by Crippen LogP contribution is -2.41. The SMILES string of the molecule is CCOC(=O)c1ccc(NC(=O)C2CCN(S(=O)(=O)Cc3ccccc3Cl)CC2)c(Cl)c1. The molecular formula is C22H24Cl2N2O5S. The second-order valence-electron chi connectivity index (χ2n) is 7.43. The maximum atomic E-state index is 12.8. The standard InChI is InChI=1S/C22H24Cl2N2O5S/c1-2-31-22(28)16-7-8-20(19(24)13-16)25-21(27)15-9-11-26(12-10-15)32(29,30)14-17-5-3-4-6-18(17)23/h3-8,13,15H,2,9-12,14H2,1H3,(H,25,27). The summed E-state index contributed by atoms with van der Waals surface area (Å²) >= 11 is 12.3. The molecule has 3 rings (SSSR count). The van der Waals surface area contributed by atoms with E-state index >= 15 is 0 Å². The van der Waals surface area contributed by atoms with Gasteiger partial charge in [0.1, 0.15) is 0 Å². The maximum absolute atomic E-state index is 12.8. The molecule has 0 bridgehead atoms. The molecule has 0 aromatic heterocycles. The molecule has 1 aliphatic rings. The zero-order valence-corrected chi connectivity index (χ0v) is 19.8. The quantitative estimate of drug-likeness (QED) is 0.572. The van der Waals surface area contributed by atoms with Crippen molar-refractivity contribution in [2.45, 2.75) is 25.5 Å². The van der Waals surface area contributed by atoms with Crippen LogP contribution in [-0.2, 0) is 25.3 Å². The van der Waals surface area contributed by atoms with Crippen molar-refractivity contribution in [3.8, 4) is 0 Å². The number of benzene rings is 2. The first-order valence-electron chi connectivity index (χ1n) is 10.2. The lowest BCUT2D eigenvalue weighted by atomic mass is 9.97. The second-order valence-corrected chi connectivity index (χ2v) is 10.2. The second kappa shape index (κ2) is 10.7. The molecule has 0 saturated carbocycles. The molecule has 1 N–H and O–H groups in total. The third-order valence-corrected chi connectivity index (χ3v) is 7.76. The van der Waals surface area contributed by atoms with Gasteiger partial charge in [-0.1, -0.05) is 41.4 Å². The number of carbonyl (C=O) groups is 2. The Labute approximate surface area is 197 Å². The first-order valence-corrected chi connectivity index (χ1v) is 12.6. The number of sulfonamides is 1. The highest BCUT2D eigenvalue weighted by molar-refractivity contribution is 7.88. The number of rotatable bonds is 7. The predicted molar refractivity (Wildman–Crippen MR) is 124 cm³/mol. The summed E-state index contributed by atoms with van der Waals surface area (Å²) < 4.78 is 31.9. The van der Waals surface area contributed by atoms with Crippen LogP contribution >= 0.6 is 23.2 Å². The highest BCUT2D eigenvalue weighted by Gasteiger charge is 2.31. The summed E-state index contributed by atoms with van der Waals surface area (Å²) in [5.74, 6) is -1.24. The third-order valence-electron chi connectivity index (χ3n) is 5.25. The smallest absolute Gasteiger partial charge is 0.338 e. The Balaban J connectivity index is 1.57. The number of anilines is 1. The van der Waals surface area contributed by atoms with Crippen LogP contribution in [0.15, 0.2) is 42.5 Å². The van der Waals surface area contributed by atoms with Gasteiger partial charge < -0.3 is 10.1 Å². The summed E-state index contributed by atoms with van der Waals surface area (Å²) in [5.41, 5.74) is 1.24. The van der Waals surface area contributed by atoms with Gasteiger partial charge in [-0.15, -0.1) is 0 Å². The number of ether oxygens (including phenoxy) is 1. The van der Waals surface area contributed by atoms with Crippen LogP contribution in [-0.4, -0.2) is 44.3 Å². The van der Waals surface area contributed by atoms with Gasteiger partial charge in [-0.05, 0) is 49.6 Å². The number of nitrogens with zero attached hydrogens (tertiary/aromatic N) is 1. The molecule has 1 saturated heterocycles. The van der Waals surface area contributed by atoms with E-state index in [9.17, 15) is 18.0 Å². The van der Waals surface area contributed by atoms with E-state index in [0.717, 1.165) is 0 Å². The monoisotopic (exact) mass is 498 g/mol. The molecule has 2 aromatic carbocycles. The Morgan fingerprint density at radius 3 is 2.41 bits per heavy atom. The van der Waals surface area contributed by atoms with Crippen LogP contribution < -0.4 is 5.32 Å². The van der Waals surface area contributed by atoms with Crippen LogP contribution in [0.25, 0.3) is 0 Å². The van der Waals surface area contributed by atoms with Crippen molar-refractivity contribution < 1.29 is 22.7 Å². The van der Waals surface area contributed by atoms with Gasteiger partial charge in [0.05, 0.1) is 28.6 Å². The number of nitrogens with one attached hydrogen (secondary N) is 1. The van der Waals surface area contributed by atoms with Crippen molar-refractivity contribution in [2.75, 3.05) is 25.0 Å². The largest absolute Gasteiger partial charge is 0.462 e. The van der Waals surface area contributed by atoms with E-state index in [1.54, 1.807) is 37.3 Å². The van der Waals surface area contributed by atoms with E-state index in [1.807, 2.05) is 0 Å². The predicted octanol–water partition coefficient (Wildman–Crippen LogP) is 4.35. The molecule has 7 nitrogen and oxygen atoms in total. The summed E-state index contributed by atoms with van der Waals surface area (Å²) in [5, 5.41) is 3.41. The number of amides is 1. The van der Waals surface area contributed by atoms with Gasteiger partial charge >= 0.3 is 5.97 Å². The summed E-state index contributed by atoms with van der Waals surface area (Å²) in [6, 6.07) is 11.4. The Bertz CT molecular complexity index is 1100. The van der Waals surface area contributed by atoms with E-state index in [4.69, 9.17) is 27.9 Å². The van der Waals surface area contributed by atoms with Crippen molar-refractivity contribution in [2.24, 2.45) is 5.92 Å². The van der Waals surface area contributed by atoms with Gasteiger partial charge in [0, 0.05) is 24.0 Å². The van der Waals surface area contributed by atoms with Crippen molar-refractivity contribution in [1.82, 2.24) is 4.31 Å². The molecule has 0 spiro atoms. The third kappa shape index (κ3) is 6.01. The summed E-state index contributed by atoms with van der Waals surface area (Å²) in [7, 11) is -3.54. The number of esters is 1. The topological polar surface area (TPSA) is 92.8 Å². The average molecular weight is 499 g/mol. The van der Waals surface area contributed by atoms with Gasteiger partial charge in [0.25, 0.3) is 0 Å². The number of hydrogen-bond acceptors (Lipinski definition) is 5. The maximum Gasteiger partial charge on any atom is 0.338 e. The fourth-order valence-electron chi connectivity index (χ4n) is 3.49. The minimum atomic E-state index is -3.54. The zero-order valence-electron chi connectivity index (χ0n) is 17.5. The Morgan fingerprint density at radius 1 is 1.09 bits per heavy atom. The molecule has 1 amide bonds. The molecule has 10 heteroatoms. The molecular weight excluding hydrogens is 475 g/mol. The van der Waals surface area contributed by atoms with Crippen molar-refractivity contribution in [3.63, 3.8) is 0 Å². The van der Waals surface area contributed by atoms with E-state index in [1.165, 1.54) is 16.4 Å². The average Bonchev–Trinajstić information content (AvgIpc) is 2.77. The lowest BCUT2D eigenvalue weighted by molar-refractivity contribution is -0.120. The normalized spacial score (nSPS) is 15.3. The summed E-state index contributed by atoms with van der Waals surface area (Å²) in [6.07, 6.45) is 0.790. The number of piperidine rings is 1. The molecule has 0 radical (unpaired) electrons. The number of halogens is 2. The number of carbonyl (C=O) groups excluding carboxylic acids is 2. The van der Waals surface area contributed by atoms with Crippen molar-refractivity contribution in [3.05, 3.63) is 63.6 Å². The van der Waals surface area contributed by atoms with Gasteiger partial charge in [-0.25, -0.2) is 17.5 Å². The molecule has 2 aromatic rings. The first-order chi connectivity index (χ1) is 15.2. The minimum Gasteiger partial charge on any atom is -0.462 e. The van der Waals surface area contributed by atoms with E-state index in [-0.39, 0.29) is 42.3 Å². The Hall–Kier alpha value is -2.13. The van der Waals surface area contributed by atoms with Crippen LogP contribution in [0.2, 0.25) is 10.0 Å². The van der Waals surface area contributed by atoms with Crippen LogP contribution in [0.1, 0.15) is 35.7 Å². The van der Waals surface area contributed by atoms with E-state index in [2.05, 4.69) is 5.32 Å². The fourth-order valence-corrected chi connectivity index (χ4v) is 5.60. The van der Waals surface area contributed by atoms with Crippen LogP contribution in [0, 0.1) is 5.92 Å². The van der Waals surface area contributed by atoms with Crippen molar-refractivity contribution in [1.29, 1.82) is 0 Å². The Morgan fingerprint density at radius 2 is 1.78 bits per heavy atom. The molecule has 0 atom stereocenters. The first kappa shape index (κ1) is 24.5. The lowest BCUT2D eigenvalue weighted by Gasteiger charge is -2.30. The number of hydrogen-bond donors (Lipinski definition) is 1. The molecule has 1 aliphatic heterocycles. The summed E-state index contributed by atoms with van der Waals surface area (Å²) in [4.78, 5) is 24.5. The van der Waals surface area contributed by atoms with Crippen molar-refractivity contribution >= 4 is 50.8 Å². The van der Waals surface area contributed by atoms with Gasteiger partial charge in [-0.2, -0.15) is 0 Å². The van der Waals surface area contributed by atoms with E-state index in [0.29, 0.717) is 34.7 Å². The van der Waals surface area contributed by atoms with Crippen LogP contribution in [0.4, 0.5) is 5.69 Å². The molecule has 172 valence electrons. The van der Waals surface area contributed by atoms with Gasteiger partial charge in [-0.3, -0.25) is 4.79 Å². The molecule has 1 heterocycles. The van der Waals surface area contributed by atoms with Gasteiger partial charge in [0.2, 0.25) is 15.9 Å². The minimum absolute atomic E-state index is 0.175. The summed E-state index contributed by atoms with van der Waals surface area (Å²) in [6.45, 7) is 2.46. The Kier molecular flexibility index (Phi) is 8.16. The molecule has 32 heavy (non-hydrogen) atoms. The molecule has 0 unspecified atom stereocenters. The van der Waals surface area contributed by atoms with Gasteiger partial charge in [0.15, 0.2) is 0 Å².